The number of phenols is 1. The normalized spacial score (nSPS) is 14.2. The van der Waals surface area contributed by atoms with Crippen molar-refractivity contribution in [1.29, 1.82) is 0 Å². The Morgan fingerprint density at radius 3 is 2.00 bits per heavy atom. The number of alkyl carbamates (subject to hydrolysis) is 1. The van der Waals surface area contributed by atoms with Crippen LogP contribution in [-0.4, -0.2) is 75.2 Å². The van der Waals surface area contributed by atoms with Gasteiger partial charge in [-0.1, -0.05) is 62.4 Å². The lowest BCUT2D eigenvalue weighted by Crippen LogP contribution is -2.57. The van der Waals surface area contributed by atoms with E-state index in [9.17, 15) is 24.3 Å². The number of rotatable bonds is 16. The molecule has 0 spiro atoms. The van der Waals surface area contributed by atoms with Crippen molar-refractivity contribution in [2.75, 3.05) is 12.0 Å². The second kappa shape index (κ2) is 19.0. The zero-order valence-corrected chi connectivity index (χ0v) is 32.6. The van der Waals surface area contributed by atoms with Gasteiger partial charge < -0.3 is 30.1 Å². The Balaban J connectivity index is 2.76. The number of carbonyl (C=O) groups excluding carboxylic acids is 4. The Kier molecular flexibility index (Phi) is 16.2. The number of carbonyl (C=O) groups is 4. The fourth-order valence-corrected chi connectivity index (χ4v) is 5.89. The molecule has 0 fully saturated rings. The highest BCUT2D eigenvalue weighted by molar-refractivity contribution is 7.98. The van der Waals surface area contributed by atoms with Crippen LogP contribution in [0.15, 0.2) is 48.5 Å². The molecule has 0 radical (unpaired) electrons. The van der Waals surface area contributed by atoms with Crippen LogP contribution in [0.2, 0.25) is 0 Å². The smallest absolute Gasteiger partial charge is 0.408 e. The molecule has 0 saturated heterocycles. The number of nitrogens with one attached hydrogen (secondary N) is 2. The fourth-order valence-electron chi connectivity index (χ4n) is 5.42. The van der Waals surface area contributed by atoms with Gasteiger partial charge in [0.15, 0.2) is 0 Å². The van der Waals surface area contributed by atoms with Gasteiger partial charge >= 0.3 is 12.1 Å². The zero-order chi connectivity index (χ0) is 37.8. The summed E-state index contributed by atoms with van der Waals surface area (Å²) in [6, 6.07) is 10.3. The van der Waals surface area contributed by atoms with Crippen LogP contribution in [0, 0.1) is 12.8 Å². The predicted molar refractivity (Wildman–Crippen MR) is 200 cm³/mol. The van der Waals surface area contributed by atoms with Gasteiger partial charge in [-0.2, -0.15) is 11.8 Å². The second-order valence-electron chi connectivity index (χ2n) is 15.2. The molecule has 3 amide bonds. The number of ether oxygens (including phenoxy) is 2. The molecule has 4 atom stereocenters. The van der Waals surface area contributed by atoms with Crippen molar-refractivity contribution in [3.05, 3.63) is 65.2 Å². The fraction of sp³-hybridized carbons (Fsp3) is 0.590. The van der Waals surface area contributed by atoms with Crippen LogP contribution >= 0.6 is 11.8 Å². The topological polar surface area (TPSA) is 134 Å². The first-order valence-corrected chi connectivity index (χ1v) is 18.8. The van der Waals surface area contributed by atoms with Gasteiger partial charge in [-0.05, 0) is 104 Å². The molecule has 10 nitrogen and oxygen atoms in total. The molecule has 50 heavy (non-hydrogen) atoms. The van der Waals surface area contributed by atoms with Crippen LogP contribution < -0.4 is 10.6 Å². The van der Waals surface area contributed by atoms with Crippen molar-refractivity contribution < 1.29 is 33.8 Å². The Hall–Kier alpha value is -3.73. The number of thioether (sulfide) groups is 1. The summed E-state index contributed by atoms with van der Waals surface area (Å²) < 4.78 is 11.3. The van der Waals surface area contributed by atoms with E-state index in [0.29, 0.717) is 23.7 Å². The van der Waals surface area contributed by atoms with Crippen molar-refractivity contribution in [1.82, 2.24) is 15.5 Å². The average molecular weight is 714 g/mol. The molecule has 0 heterocycles. The highest BCUT2D eigenvalue weighted by Crippen LogP contribution is 2.35. The summed E-state index contributed by atoms with van der Waals surface area (Å²) >= 11 is 1.52. The maximum absolute atomic E-state index is 14.8. The van der Waals surface area contributed by atoms with Crippen LogP contribution in [0.5, 0.6) is 5.75 Å². The molecule has 0 aliphatic rings. The number of hydrogen-bond donors (Lipinski definition) is 3. The molecule has 0 aromatic heterocycles. The van der Waals surface area contributed by atoms with Gasteiger partial charge in [-0.15, -0.1) is 0 Å². The molecule has 4 unspecified atom stereocenters. The summed E-state index contributed by atoms with van der Waals surface area (Å²) in [6.45, 7) is 18.2. The van der Waals surface area contributed by atoms with Crippen molar-refractivity contribution in [2.24, 2.45) is 5.92 Å². The lowest BCUT2D eigenvalue weighted by molar-refractivity contribution is -0.159. The van der Waals surface area contributed by atoms with E-state index >= 15 is 0 Å². The first-order valence-electron chi connectivity index (χ1n) is 17.4. The number of para-hydroxylation sites is 1. The van der Waals surface area contributed by atoms with E-state index < -0.39 is 59.2 Å². The number of amides is 3. The Morgan fingerprint density at radius 2 is 1.44 bits per heavy atom. The van der Waals surface area contributed by atoms with E-state index in [4.69, 9.17) is 9.47 Å². The van der Waals surface area contributed by atoms with Crippen molar-refractivity contribution in [3.8, 4) is 5.75 Å². The minimum absolute atomic E-state index is 0.140. The summed E-state index contributed by atoms with van der Waals surface area (Å²) in [5, 5.41) is 17.1. The van der Waals surface area contributed by atoms with Gasteiger partial charge in [0.05, 0.1) is 0 Å². The Morgan fingerprint density at radius 1 is 0.820 bits per heavy atom. The maximum atomic E-state index is 14.8. The van der Waals surface area contributed by atoms with Crippen molar-refractivity contribution in [3.63, 3.8) is 0 Å². The average Bonchev–Trinajstić information content (AvgIpc) is 3.00. The van der Waals surface area contributed by atoms with E-state index in [1.54, 1.807) is 66.7 Å². The van der Waals surface area contributed by atoms with Crippen LogP contribution in [0.1, 0.15) is 104 Å². The van der Waals surface area contributed by atoms with E-state index in [1.807, 2.05) is 43.5 Å². The van der Waals surface area contributed by atoms with Gasteiger partial charge in [0.25, 0.3) is 0 Å². The highest BCUT2D eigenvalue weighted by Gasteiger charge is 2.41. The van der Waals surface area contributed by atoms with E-state index in [2.05, 4.69) is 24.5 Å². The van der Waals surface area contributed by atoms with Gasteiger partial charge in [0.2, 0.25) is 11.8 Å². The molecule has 2 rings (SSSR count). The number of esters is 1. The van der Waals surface area contributed by atoms with Gasteiger partial charge in [0, 0.05) is 18.0 Å². The molecule has 3 N–H and O–H groups in total. The van der Waals surface area contributed by atoms with Crippen LogP contribution in [0.3, 0.4) is 0 Å². The summed E-state index contributed by atoms with van der Waals surface area (Å²) in [4.78, 5) is 57.7. The molecular weight excluding hydrogens is 655 g/mol. The summed E-state index contributed by atoms with van der Waals surface area (Å²) in [7, 11) is 0. The first-order chi connectivity index (χ1) is 23.2. The highest BCUT2D eigenvalue weighted by atomic mass is 32.2. The SMILES string of the molecule is CSCCC(NC(=O)OC(C)(C)C)C(=O)N(C(C)CCC(C)C)C(C(=O)NC(Cc1ccccc1)C(=O)OC(C)(C)C)c1cccc(C)c1O. The number of hydrogen-bond acceptors (Lipinski definition) is 8. The third-order valence-corrected chi connectivity index (χ3v) is 8.52. The second-order valence-corrected chi connectivity index (χ2v) is 16.2. The molecular formula is C39H59N3O7S. The summed E-state index contributed by atoms with van der Waals surface area (Å²) in [6.07, 6.45) is 2.86. The number of benzene rings is 2. The van der Waals surface area contributed by atoms with Crippen LogP contribution in [0.4, 0.5) is 4.79 Å². The summed E-state index contributed by atoms with van der Waals surface area (Å²) in [5.41, 5.74) is -0.101. The zero-order valence-electron chi connectivity index (χ0n) is 31.8. The first kappa shape index (κ1) is 42.4. The molecule has 0 saturated carbocycles. The lowest BCUT2D eigenvalue weighted by Gasteiger charge is -2.39. The number of aryl methyl sites for hydroxylation is 1. The van der Waals surface area contributed by atoms with E-state index in [1.165, 1.54) is 16.7 Å². The molecule has 0 bridgehead atoms. The third-order valence-electron chi connectivity index (χ3n) is 7.87. The lowest BCUT2D eigenvalue weighted by atomic mass is 9.94. The monoisotopic (exact) mass is 713 g/mol. The number of nitrogens with zero attached hydrogens (tertiary/aromatic N) is 1. The third kappa shape index (κ3) is 13.9. The number of aromatic hydroxyl groups is 1. The Labute approximate surface area is 303 Å². The van der Waals surface area contributed by atoms with Gasteiger partial charge in [-0.3, -0.25) is 9.59 Å². The molecule has 0 aliphatic heterocycles. The summed E-state index contributed by atoms with van der Waals surface area (Å²) in [5.74, 6) is -1.08. The van der Waals surface area contributed by atoms with Gasteiger partial charge in [-0.25, -0.2) is 9.59 Å². The molecule has 11 heteroatoms. The largest absolute Gasteiger partial charge is 0.507 e. The van der Waals surface area contributed by atoms with Crippen molar-refractivity contribution in [2.45, 2.75) is 130 Å². The predicted octanol–water partition coefficient (Wildman–Crippen LogP) is 7.11. The number of phenolic OH excluding ortho intramolecular Hbond substituents is 1. The quantitative estimate of drug-likeness (QED) is 0.157. The van der Waals surface area contributed by atoms with E-state index in [0.717, 1.165) is 12.0 Å². The molecule has 2 aromatic carbocycles. The molecule has 2 aromatic rings. The maximum Gasteiger partial charge on any atom is 0.408 e. The van der Waals surface area contributed by atoms with Crippen LogP contribution in [0.25, 0.3) is 0 Å². The van der Waals surface area contributed by atoms with Gasteiger partial charge in [0.1, 0.15) is 35.1 Å². The van der Waals surface area contributed by atoms with Crippen molar-refractivity contribution >= 4 is 35.6 Å². The van der Waals surface area contributed by atoms with E-state index in [-0.39, 0.29) is 24.2 Å². The minimum atomic E-state index is -1.36. The molecule has 0 aliphatic carbocycles. The Bertz CT molecular complexity index is 1420. The molecule has 278 valence electrons. The minimum Gasteiger partial charge on any atom is -0.507 e. The van der Waals surface area contributed by atoms with Crippen LogP contribution in [-0.2, 0) is 30.3 Å². The standard InChI is InChI=1S/C39H59N3O7S/c1-25(2)20-21-27(4)42(35(45)30(22-23-50-11)41-37(47)49-39(8,9)10)32(29-19-15-16-26(3)33(29)43)34(44)40-31(36(46)48-38(5,6)7)24-28-17-13-12-14-18-28/h12-19,25,27,30-32,43H,20-24H2,1-11H3,(H,40,44)(H,41,47).